The quantitative estimate of drug-likeness (QED) is 0.744. The molecule has 1 heterocycles. The van der Waals surface area contributed by atoms with Crippen molar-refractivity contribution in [2.75, 3.05) is 5.32 Å². The fourth-order valence-electron chi connectivity index (χ4n) is 2.07. The Morgan fingerprint density at radius 2 is 1.76 bits per heavy atom. The van der Waals surface area contributed by atoms with Gasteiger partial charge in [0.15, 0.2) is 6.10 Å². The van der Waals surface area contributed by atoms with E-state index in [-0.39, 0.29) is 5.91 Å². The number of benzene rings is 2. The molecule has 25 heavy (non-hydrogen) atoms. The van der Waals surface area contributed by atoms with Crippen LogP contribution in [-0.2, 0) is 4.79 Å². The first kappa shape index (κ1) is 16.4. The lowest BCUT2D eigenvalue weighted by Crippen LogP contribution is -2.30. The predicted octanol–water partition coefficient (Wildman–Crippen LogP) is 3.67. The molecule has 1 amide bonds. The van der Waals surface area contributed by atoms with E-state index in [0.29, 0.717) is 23.1 Å². The van der Waals surface area contributed by atoms with E-state index in [4.69, 9.17) is 9.47 Å². The van der Waals surface area contributed by atoms with E-state index < -0.39 is 6.10 Å². The van der Waals surface area contributed by atoms with Crippen molar-refractivity contribution in [3.63, 3.8) is 0 Å². The average Bonchev–Trinajstić information content (AvgIpc) is 2.65. The number of carbonyl (C=O) groups excluding carboxylic acids is 1. The zero-order chi connectivity index (χ0) is 17.5. The van der Waals surface area contributed by atoms with Crippen LogP contribution in [0.4, 0.5) is 5.69 Å². The number of nitrogens with one attached hydrogen (secondary N) is 1. The number of rotatable bonds is 6. The van der Waals surface area contributed by atoms with Crippen LogP contribution < -0.4 is 14.8 Å². The Bertz CT molecular complexity index is 808. The lowest BCUT2D eigenvalue weighted by atomic mass is 10.2. The molecule has 126 valence electrons. The van der Waals surface area contributed by atoms with Gasteiger partial charge in [0, 0.05) is 18.1 Å². The largest absolute Gasteiger partial charge is 0.481 e. The minimum absolute atomic E-state index is 0.230. The van der Waals surface area contributed by atoms with Crippen LogP contribution in [0.1, 0.15) is 6.92 Å². The second kappa shape index (κ2) is 7.92. The van der Waals surface area contributed by atoms with Gasteiger partial charge in [-0.1, -0.05) is 18.2 Å². The molecule has 0 unspecified atom stereocenters. The second-order valence-electron chi connectivity index (χ2n) is 5.23. The van der Waals surface area contributed by atoms with Crippen molar-refractivity contribution >= 4 is 11.6 Å². The molecule has 0 fully saturated rings. The van der Waals surface area contributed by atoms with Crippen LogP contribution in [-0.4, -0.2) is 22.0 Å². The highest BCUT2D eigenvalue weighted by atomic mass is 16.5. The Morgan fingerprint density at radius 3 is 2.44 bits per heavy atom. The number of ether oxygens (including phenoxy) is 2. The van der Waals surface area contributed by atoms with E-state index in [9.17, 15) is 4.79 Å². The number of amides is 1. The summed E-state index contributed by atoms with van der Waals surface area (Å²) in [5.74, 6) is 1.43. The molecule has 0 saturated carbocycles. The number of nitrogens with zero attached hydrogens (tertiary/aromatic N) is 2. The Morgan fingerprint density at radius 1 is 1.00 bits per heavy atom. The highest BCUT2D eigenvalue weighted by Crippen LogP contribution is 2.21. The van der Waals surface area contributed by atoms with Gasteiger partial charge in [-0.3, -0.25) is 9.78 Å². The third kappa shape index (κ3) is 4.78. The maximum atomic E-state index is 12.2. The third-order valence-corrected chi connectivity index (χ3v) is 3.31. The van der Waals surface area contributed by atoms with Crippen LogP contribution in [0.3, 0.4) is 0 Å². The monoisotopic (exact) mass is 335 g/mol. The molecule has 0 aliphatic heterocycles. The molecule has 3 rings (SSSR count). The number of hydrogen-bond donors (Lipinski definition) is 1. The van der Waals surface area contributed by atoms with Crippen LogP contribution in [0.15, 0.2) is 73.2 Å². The highest BCUT2D eigenvalue weighted by molar-refractivity contribution is 5.94. The van der Waals surface area contributed by atoms with E-state index in [0.717, 1.165) is 0 Å². The van der Waals surface area contributed by atoms with Gasteiger partial charge in [0.1, 0.15) is 11.5 Å². The molecule has 0 radical (unpaired) electrons. The molecule has 0 aliphatic rings. The molecule has 6 nitrogen and oxygen atoms in total. The van der Waals surface area contributed by atoms with Gasteiger partial charge in [-0.2, -0.15) is 0 Å². The van der Waals surface area contributed by atoms with Crippen molar-refractivity contribution in [2.24, 2.45) is 0 Å². The minimum Gasteiger partial charge on any atom is -0.481 e. The summed E-state index contributed by atoms with van der Waals surface area (Å²) >= 11 is 0. The first-order chi connectivity index (χ1) is 12.2. The van der Waals surface area contributed by atoms with E-state index in [1.54, 1.807) is 43.6 Å². The van der Waals surface area contributed by atoms with Gasteiger partial charge in [0.2, 0.25) is 5.88 Å². The second-order valence-corrected chi connectivity index (χ2v) is 5.23. The number of para-hydroxylation sites is 1. The Hall–Kier alpha value is -3.41. The van der Waals surface area contributed by atoms with Crippen LogP contribution in [0.2, 0.25) is 0 Å². The molecule has 1 aromatic heterocycles. The molecule has 0 saturated heterocycles. The lowest BCUT2D eigenvalue weighted by Gasteiger charge is -2.14. The van der Waals surface area contributed by atoms with Crippen molar-refractivity contribution in [3.8, 4) is 17.4 Å². The molecular formula is C19H17N3O3. The van der Waals surface area contributed by atoms with E-state index in [1.807, 2.05) is 30.3 Å². The molecule has 3 aromatic rings. The van der Waals surface area contributed by atoms with Crippen molar-refractivity contribution in [3.05, 3.63) is 73.2 Å². The van der Waals surface area contributed by atoms with Crippen LogP contribution in [0.25, 0.3) is 0 Å². The third-order valence-electron chi connectivity index (χ3n) is 3.31. The van der Waals surface area contributed by atoms with Crippen molar-refractivity contribution in [1.29, 1.82) is 0 Å². The van der Waals surface area contributed by atoms with Crippen molar-refractivity contribution < 1.29 is 14.3 Å². The fraction of sp³-hybridized carbons (Fsp3) is 0.105. The van der Waals surface area contributed by atoms with Gasteiger partial charge in [0.05, 0.1) is 6.20 Å². The molecule has 0 bridgehead atoms. The Balaban J connectivity index is 1.56. The summed E-state index contributed by atoms with van der Waals surface area (Å²) < 4.78 is 11.2. The highest BCUT2D eigenvalue weighted by Gasteiger charge is 2.14. The van der Waals surface area contributed by atoms with Gasteiger partial charge in [-0.15, -0.1) is 0 Å². The summed E-state index contributed by atoms with van der Waals surface area (Å²) in [7, 11) is 0. The van der Waals surface area contributed by atoms with Crippen LogP contribution in [0, 0.1) is 0 Å². The van der Waals surface area contributed by atoms with Gasteiger partial charge < -0.3 is 14.8 Å². The molecule has 1 atom stereocenters. The number of carbonyl (C=O) groups is 1. The lowest BCUT2D eigenvalue weighted by molar-refractivity contribution is -0.122. The average molecular weight is 335 g/mol. The number of anilines is 1. The van der Waals surface area contributed by atoms with Crippen molar-refractivity contribution in [2.45, 2.75) is 13.0 Å². The van der Waals surface area contributed by atoms with E-state index in [1.165, 1.54) is 6.20 Å². The fourth-order valence-corrected chi connectivity index (χ4v) is 2.07. The minimum atomic E-state index is -0.613. The maximum absolute atomic E-state index is 12.2. The van der Waals surface area contributed by atoms with E-state index >= 15 is 0 Å². The zero-order valence-corrected chi connectivity index (χ0v) is 13.6. The molecule has 6 heteroatoms. The molecular weight excluding hydrogens is 318 g/mol. The SMILES string of the molecule is C[C@@H](Oc1ccccc1)C(=O)Nc1ccc(Oc2cnccn2)cc1. The zero-order valence-electron chi connectivity index (χ0n) is 13.6. The van der Waals surface area contributed by atoms with Gasteiger partial charge in [-0.05, 0) is 43.3 Å². The summed E-state index contributed by atoms with van der Waals surface area (Å²) in [4.78, 5) is 20.2. The first-order valence-electron chi connectivity index (χ1n) is 7.77. The summed E-state index contributed by atoms with van der Waals surface area (Å²) in [5.41, 5.74) is 0.653. The standard InChI is InChI=1S/C19H17N3O3/c1-14(24-16-5-3-2-4-6-16)19(23)22-15-7-9-17(10-8-15)25-18-13-20-11-12-21-18/h2-14H,1H3,(H,22,23)/t14-/m1/s1. The summed E-state index contributed by atoms with van der Waals surface area (Å²) in [5, 5.41) is 2.81. The number of hydrogen-bond acceptors (Lipinski definition) is 5. The predicted molar refractivity (Wildman–Crippen MR) is 93.7 cm³/mol. The van der Waals surface area contributed by atoms with Gasteiger partial charge in [-0.25, -0.2) is 4.98 Å². The molecule has 0 spiro atoms. The van der Waals surface area contributed by atoms with Crippen molar-refractivity contribution in [1.82, 2.24) is 9.97 Å². The normalized spacial score (nSPS) is 11.4. The Labute approximate surface area is 145 Å². The maximum Gasteiger partial charge on any atom is 0.265 e. The summed E-state index contributed by atoms with van der Waals surface area (Å²) in [6, 6.07) is 16.2. The summed E-state index contributed by atoms with van der Waals surface area (Å²) in [6.07, 6.45) is 4.04. The first-order valence-corrected chi connectivity index (χ1v) is 7.77. The van der Waals surface area contributed by atoms with Crippen LogP contribution >= 0.6 is 0 Å². The molecule has 1 N–H and O–H groups in total. The number of aromatic nitrogens is 2. The molecule has 0 aliphatic carbocycles. The summed E-state index contributed by atoms with van der Waals surface area (Å²) in [6.45, 7) is 1.70. The smallest absolute Gasteiger partial charge is 0.265 e. The molecule has 2 aromatic carbocycles. The Kier molecular flexibility index (Phi) is 5.21. The van der Waals surface area contributed by atoms with Gasteiger partial charge >= 0.3 is 0 Å². The van der Waals surface area contributed by atoms with Gasteiger partial charge in [0.25, 0.3) is 5.91 Å². The van der Waals surface area contributed by atoms with Crippen LogP contribution in [0.5, 0.6) is 17.4 Å². The van der Waals surface area contributed by atoms with E-state index in [2.05, 4.69) is 15.3 Å². The topological polar surface area (TPSA) is 73.3 Å².